The van der Waals surface area contributed by atoms with E-state index in [0.29, 0.717) is 13.0 Å². The van der Waals surface area contributed by atoms with Crippen LogP contribution in [0.3, 0.4) is 0 Å². The number of nitrogens with one attached hydrogen (secondary N) is 1. The van der Waals surface area contributed by atoms with Crippen LogP contribution < -0.4 is 16.8 Å². The van der Waals surface area contributed by atoms with E-state index in [9.17, 15) is 14.7 Å². The lowest BCUT2D eigenvalue weighted by Gasteiger charge is -2.17. The highest BCUT2D eigenvalue weighted by molar-refractivity contribution is 5.81. The first-order chi connectivity index (χ1) is 6.52. The molecule has 0 bridgehead atoms. The van der Waals surface area contributed by atoms with Gasteiger partial charge in [-0.15, -0.1) is 0 Å². The van der Waals surface area contributed by atoms with E-state index >= 15 is 0 Å². The molecular formula is C8H15N3O3. The second-order valence-corrected chi connectivity index (χ2v) is 3.52. The van der Waals surface area contributed by atoms with Gasteiger partial charge in [0.15, 0.2) is 0 Å². The van der Waals surface area contributed by atoms with Gasteiger partial charge in [0.05, 0.1) is 0 Å². The quantitative estimate of drug-likeness (QED) is 0.408. The van der Waals surface area contributed by atoms with E-state index in [4.69, 9.17) is 11.5 Å². The highest BCUT2D eigenvalue weighted by Crippen LogP contribution is 2.16. The molecule has 0 radical (unpaired) electrons. The van der Waals surface area contributed by atoms with Crippen LogP contribution in [0.15, 0.2) is 0 Å². The fourth-order valence-corrected chi connectivity index (χ4v) is 1.54. The second-order valence-electron chi connectivity index (χ2n) is 3.52. The maximum Gasteiger partial charge on any atom is 0.247 e. The Balaban J connectivity index is 2.43. The molecule has 1 saturated heterocycles. The van der Waals surface area contributed by atoms with E-state index in [0.717, 1.165) is 0 Å². The van der Waals surface area contributed by atoms with Crippen molar-refractivity contribution < 1.29 is 14.7 Å². The van der Waals surface area contributed by atoms with Gasteiger partial charge in [-0.1, -0.05) is 0 Å². The summed E-state index contributed by atoms with van der Waals surface area (Å²) >= 11 is 0. The smallest absolute Gasteiger partial charge is 0.247 e. The maximum atomic E-state index is 11.1. The highest BCUT2D eigenvalue weighted by Gasteiger charge is 2.30. The normalized spacial score (nSPS) is 25.6. The van der Waals surface area contributed by atoms with Gasteiger partial charge < -0.3 is 21.9 Å². The minimum Gasteiger partial charge on any atom is -0.382 e. The summed E-state index contributed by atoms with van der Waals surface area (Å²) in [5.41, 5.74) is 10.4. The zero-order chi connectivity index (χ0) is 10.7. The standard InChI is InChI=1S/C8H15N3O3/c9-5(6(12)7(10)13)3-4-1-2-11-8(4)14/h4-6,12H,1-3,9H2,(H2,10,13)(H,11,14). The van der Waals surface area contributed by atoms with Crippen molar-refractivity contribution in [3.05, 3.63) is 0 Å². The summed E-state index contributed by atoms with van der Waals surface area (Å²) in [7, 11) is 0. The molecular weight excluding hydrogens is 186 g/mol. The van der Waals surface area contributed by atoms with E-state index < -0.39 is 18.1 Å². The van der Waals surface area contributed by atoms with Crippen molar-refractivity contribution in [1.82, 2.24) is 5.32 Å². The summed E-state index contributed by atoms with van der Waals surface area (Å²) in [5.74, 6) is -1.13. The van der Waals surface area contributed by atoms with Crippen LogP contribution in [0.4, 0.5) is 0 Å². The zero-order valence-corrected chi connectivity index (χ0v) is 7.77. The Morgan fingerprint density at radius 1 is 1.71 bits per heavy atom. The van der Waals surface area contributed by atoms with Gasteiger partial charge in [-0.3, -0.25) is 9.59 Å². The minimum absolute atomic E-state index is 0.0721. The highest BCUT2D eigenvalue weighted by atomic mass is 16.3. The van der Waals surface area contributed by atoms with E-state index in [-0.39, 0.29) is 18.2 Å². The summed E-state index contributed by atoms with van der Waals surface area (Å²) in [4.78, 5) is 21.7. The first-order valence-corrected chi connectivity index (χ1v) is 4.53. The lowest BCUT2D eigenvalue weighted by molar-refractivity contribution is -0.128. The van der Waals surface area contributed by atoms with Crippen molar-refractivity contribution in [2.45, 2.75) is 25.0 Å². The van der Waals surface area contributed by atoms with Crippen LogP contribution in [0.25, 0.3) is 0 Å². The van der Waals surface area contributed by atoms with Crippen molar-refractivity contribution in [2.24, 2.45) is 17.4 Å². The number of carbonyl (C=O) groups is 2. The molecule has 6 nitrogen and oxygen atoms in total. The topological polar surface area (TPSA) is 118 Å². The van der Waals surface area contributed by atoms with Gasteiger partial charge in [0.1, 0.15) is 6.10 Å². The molecule has 0 spiro atoms. The van der Waals surface area contributed by atoms with Crippen LogP contribution in [0.1, 0.15) is 12.8 Å². The molecule has 0 aromatic heterocycles. The largest absolute Gasteiger partial charge is 0.382 e. The number of primary amides is 1. The fourth-order valence-electron chi connectivity index (χ4n) is 1.54. The van der Waals surface area contributed by atoms with E-state index in [2.05, 4.69) is 5.32 Å². The van der Waals surface area contributed by atoms with E-state index in [1.54, 1.807) is 0 Å². The van der Waals surface area contributed by atoms with Gasteiger partial charge in [-0.05, 0) is 12.8 Å². The number of amides is 2. The lowest BCUT2D eigenvalue weighted by atomic mass is 9.95. The maximum absolute atomic E-state index is 11.1. The second kappa shape index (κ2) is 4.39. The molecule has 3 unspecified atom stereocenters. The molecule has 1 heterocycles. The molecule has 6 N–H and O–H groups in total. The van der Waals surface area contributed by atoms with E-state index in [1.165, 1.54) is 0 Å². The third kappa shape index (κ3) is 2.43. The van der Waals surface area contributed by atoms with Crippen molar-refractivity contribution in [2.75, 3.05) is 6.54 Å². The number of aliphatic hydroxyl groups is 1. The third-order valence-corrected chi connectivity index (χ3v) is 2.42. The predicted octanol–water partition coefficient (Wildman–Crippen LogP) is -2.31. The molecule has 0 aromatic rings. The van der Waals surface area contributed by atoms with Crippen LogP contribution >= 0.6 is 0 Å². The molecule has 0 saturated carbocycles. The van der Waals surface area contributed by atoms with Crippen LogP contribution in [0.5, 0.6) is 0 Å². The molecule has 14 heavy (non-hydrogen) atoms. The van der Waals surface area contributed by atoms with Gasteiger partial charge in [0, 0.05) is 18.5 Å². The van der Waals surface area contributed by atoms with Gasteiger partial charge in [-0.2, -0.15) is 0 Å². The number of hydrogen-bond acceptors (Lipinski definition) is 4. The number of carbonyl (C=O) groups excluding carboxylic acids is 2. The molecule has 80 valence electrons. The first kappa shape index (κ1) is 10.9. The van der Waals surface area contributed by atoms with Crippen molar-refractivity contribution in [3.8, 4) is 0 Å². The lowest BCUT2D eigenvalue weighted by Crippen LogP contribution is -2.45. The summed E-state index contributed by atoms with van der Waals surface area (Å²) in [6, 6.07) is -0.763. The SMILES string of the molecule is NC(=O)C(O)C(N)CC1CCNC1=O. The fraction of sp³-hybridized carbons (Fsp3) is 0.750. The molecule has 1 aliphatic heterocycles. The Labute approximate surface area is 81.6 Å². The number of aliphatic hydroxyl groups excluding tert-OH is 1. The van der Waals surface area contributed by atoms with Crippen molar-refractivity contribution >= 4 is 11.8 Å². The monoisotopic (exact) mass is 201 g/mol. The van der Waals surface area contributed by atoms with Gasteiger partial charge >= 0.3 is 0 Å². The third-order valence-electron chi connectivity index (χ3n) is 2.42. The summed E-state index contributed by atoms with van der Waals surface area (Å²) < 4.78 is 0. The first-order valence-electron chi connectivity index (χ1n) is 4.53. The Morgan fingerprint density at radius 2 is 2.36 bits per heavy atom. The Morgan fingerprint density at radius 3 is 2.79 bits per heavy atom. The van der Waals surface area contributed by atoms with Gasteiger partial charge in [0.2, 0.25) is 11.8 Å². The molecule has 3 atom stereocenters. The summed E-state index contributed by atoms with van der Waals surface area (Å²) in [6.07, 6.45) is -0.392. The average molecular weight is 201 g/mol. The Kier molecular flexibility index (Phi) is 3.43. The van der Waals surface area contributed by atoms with Gasteiger partial charge in [0.25, 0.3) is 0 Å². The molecule has 1 rings (SSSR count). The van der Waals surface area contributed by atoms with E-state index in [1.807, 2.05) is 0 Å². The summed E-state index contributed by atoms with van der Waals surface area (Å²) in [5, 5.41) is 11.9. The molecule has 1 fully saturated rings. The van der Waals surface area contributed by atoms with Crippen LogP contribution in [0, 0.1) is 5.92 Å². The van der Waals surface area contributed by atoms with Crippen LogP contribution in [-0.4, -0.2) is 35.6 Å². The summed E-state index contributed by atoms with van der Waals surface area (Å²) in [6.45, 7) is 0.628. The van der Waals surface area contributed by atoms with Crippen molar-refractivity contribution in [3.63, 3.8) is 0 Å². The molecule has 0 aliphatic carbocycles. The molecule has 1 aliphatic rings. The average Bonchev–Trinajstić information content (AvgIpc) is 2.50. The van der Waals surface area contributed by atoms with Crippen LogP contribution in [-0.2, 0) is 9.59 Å². The molecule has 0 aromatic carbocycles. The number of hydrogen-bond donors (Lipinski definition) is 4. The Hall–Kier alpha value is -1.14. The van der Waals surface area contributed by atoms with Crippen molar-refractivity contribution in [1.29, 1.82) is 0 Å². The Bertz CT molecular complexity index is 244. The zero-order valence-electron chi connectivity index (χ0n) is 7.77. The number of nitrogens with two attached hydrogens (primary N) is 2. The predicted molar refractivity (Wildman–Crippen MR) is 48.9 cm³/mol. The molecule has 6 heteroatoms. The molecule has 2 amide bonds. The number of rotatable bonds is 4. The van der Waals surface area contributed by atoms with Crippen LogP contribution in [0.2, 0.25) is 0 Å². The minimum atomic E-state index is -1.37. The van der Waals surface area contributed by atoms with Gasteiger partial charge in [-0.25, -0.2) is 0 Å².